The van der Waals surface area contributed by atoms with Crippen molar-refractivity contribution in [1.29, 1.82) is 0 Å². The molecule has 9 heteroatoms. The van der Waals surface area contributed by atoms with Crippen molar-refractivity contribution >= 4 is 17.8 Å². The second kappa shape index (κ2) is 9.72. The van der Waals surface area contributed by atoms with Crippen LogP contribution in [-0.2, 0) is 12.7 Å². The molecule has 36 heavy (non-hydrogen) atoms. The van der Waals surface area contributed by atoms with E-state index in [1.807, 2.05) is 24.3 Å². The number of benzene rings is 2. The van der Waals surface area contributed by atoms with Crippen molar-refractivity contribution in [3.63, 3.8) is 0 Å². The summed E-state index contributed by atoms with van der Waals surface area (Å²) in [6, 6.07) is 12.3. The number of fused-ring (bicyclic) bond motifs is 1. The maximum Gasteiger partial charge on any atom is 0.418 e. The molecular weight excluding hydrogens is 469 g/mol. The summed E-state index contributed by atoms with van der Waals surface area (Å²) in [4.78, 5) is 19.6. The van der Waals surface area contributed by atoms with Gasteiger partial charge in [-0.1, -0.05) is 30.3 Å². The van der Waals surface area contributed by atoms with Gasteiger partial charge in [-0.3, -0.25) is 0 Å². The number of nitrogens with one attached hydrogen (secondary N) is 1. The molecule has 1 saturated heterocycles. The van der Waals surface area contributed by atoms with Crippen LogP contribution >= 0.6 is 0 Å². The Labute approximate surface area is 207 Å². The van der Waals surface area contributed by atoms with E-state index in [9.17, 15) is 18.0 Å². The monoisotopic (exact) mass is 496 g/mol. The Morgan fingerprint density at radius 2 is 1.97 bits per heavy atom. The molecule has 0 bridgehead atoms. The molecule has 0 aliphatic carbocycles. The quantitative estimate of drug-likeness (QED) is 0.454. The standard InChI is InChI=1S/C27H27F3N4O2/c1-36-20-10-6-8-18(16-20)24-23-13-4-5-15-34(23)25(32-24)19-9-7-14-33(17-19)26(35)31-22-12-3-2-11-21(22)27(28,29)30/h2-4,6,8,10-13,16,19H,5,7,9,14-15,17H2,1H3,(H,31,35). The number of rotatable bonds is 4. The zero-order valence-corrected chi connectivity index (χ0v) is 19.9. The molecule has 2 aliphatic rings. The van der Waals surface area contributed by atoms with Crippen LogP contribution in [0.3, 0.4) is 0 Å². The van der Waals surface area contributed by atoms with Crippen LogP contribution in [0.15, 0.2) is 54.6 Å². The molecule has 3 heterocycles. The van der Waals surface area contributed by atoms with Gasteiger partial charge in [0.25, 0.3) is 0 Å². The SMILES string of the molecule is COc1cccc(-c2nc(C3CCCN(C(=O)Nc4ccccc4C(F)(F)F)C3)n3c2C=CCC3)c1. The summed E-state index contributed by atoms with van der Waals surface area (Å²) in [6.07, 6.45) is 2.14. The largest absolute Gasteiger partial charge is 0.497 e. The number of para-hydroxylation sites is 1. The van der Waals surface area contributed by atoms with Gasteiger partial charge in [0.05, 0.1) is 29.7 Å². The number of methoxy groups -OCH3 is 1. The zero-order valence-electron chi connectivity index (χ0n) is 19.9. The molecule has 1 atom stereocenters. The smallest absolute Gasteiger partial charge is 0.418 e. The lowest BCUT2D eigenvalue weighted by Crippen LogP contribution is -2.42. The summed E-state index contributed by atoms with van der Waals surface area (Å²) in [6.45, 7) is 1.66. The van der Waals surface area contributed by atoms with E-state index < -0.39 is 17.8 Å². The molecule has 3 aromatic rings. The van der Waals surface area contributed by atoms with Crippen molar-refractivity contribution < 1.29 is 22.7 Å². The van der Waals surface area contributed by atoms with Crippen LogP contribution in [0.1, 0.15) is 42.3 Å². The number of halogens is 3. The fraction of sp³-hybridized carbons (Fsp3) is 0.333. The Kier molecular flexibility index (Phi) is 6.47. The first-order valence-electron chi connectivity index (χ1n) is 12.0. The molecule has 6 nitrogen and oxygen atoms in total. The molecule has 0 saturated carbocycles. The van der Waals surface area contributed by atoms with E-state index in [0.29, 0.717) is 13.1 Å². The van der Waals surface area contributed by atoms with Crippen molar-refractivity contribution in [3.05, 3.63) is 71.7 Å². The van der Waals surface area contributed by atoms with E-state index in [-0.39, 0.29) is 11.6 Å². The van der Waals surface area contributed by atoms with Crippen LogP contribution in [0.4, 0.5) is 23.7 Å². The van der Waals surface area contributed by atoms with Gasteiger partial charge in [-0.2, -0.15) is 13.2 Å². The van der Waals surface area contributed by atoms with Crippen molar-refractivity contribution in [3.8, 4) is 17.0 Å². The number of imidazole rings is 1. The number of carbonyl (C=O) groups excluding carboxylic acids is 1. The third-order valence-corrected chi connectivity index (χ3v) is 6.72. The summed E-state index contributed by atoms with van der Waals surface area (Å²) >= 11 is 0. The fourth-order valence-corrected chi connectivity index (χ4v) is 4.99. The number of hydrogen-bond donors (Lipinski definition) is 1. The highest BCUT2D eigenvalue weighted by molar-refractivity contribution is 5.90. The number of allylic oxidation sites excluding steroid dienone is 1. The number of hydrogen-bond acceptors (Lipinski definition) is 3. The van der Waals surface area contributed by atoms with E-state index >= 15 is 0 Å². The third kappa shape index (κ3) is 4.69. The summed E-state index contributed by atoms with van der Waals surface area (Å²) in [5.41, 5.74) is 1.74. The average Bonchev–Trinajstić information content (AvgIpc) is 3.28. The van der Waals surface area contributed by atoms with E-state index in [4.69, 9.17) is 9.72 Å². The molecule has 1 aromatic heterocycles. The molecule has 2 aliphatic heterocycles. The van der Waals surface area contributed by atoms with E-state index in [1.165, 1.54) is 18.2 Å². The Morgan fingerprint density at radius 3 is 2.78 bits per heavy atom. The van der Waals surface area contributed by atoms with E-state index in [2.05, 4.69) is 22.0 Å². The Hall–Kier alpha value is -3.75. The van der Waals surface area contributed by atoms with Crippen LogP contribution in [-0.4, -0.2) is 40.7 Å². The lowest BCUT2D eigenvalue weighted by molar-refractivity contribution is -0.136. The minimum absolute atomic E-state index is 0.0213. The molecule has 1 unspecified atom stereocenters. The van der Waals surface area contributed by atoms with Crippen molar-refractivity contribution in [1.82, 2.24) is 14.5 Å². The van der Waals surface area contributed by atoms with Gasteiger partial charge >= 0.3 is 12.2 Å². The first-order chi connectivity index (χ1) is 17.3. The minimum atomic E-state index is -4.55. The molecule has 5 rings (SSSR count). The van der Waals surface area contributed by atoms with Gasteiger partial charge in [-0.15, -0.1) is 0 Å². The molecular formula is C27H27F3N4O2. The van der Waals surface area contributed by atoms with Crippen LogP contribution in [0.2, 0.25) is 0 Å². The van der Waals surface area contributed by atoms with Gasteiger partial charge < -0.3 is 19.5 Å². The predicted molar refractivity (Wildman–Crippen MR) is 132 cm³/mol. The minimum Gasteiger partial charge on any atom is -0.497 e. The fourth-order valence-electron chi connectivity index (χ4n) is 4.99. The highest BCUT2D eigenvalue weighted by atomic mass is 19.4. The normalized spacial score (nSPS) is 17.6. The zero-order chi connectivity index (χ0) is 25.3. The number of amides is 2. The van der Waals surface area contributed by atoms with E-state index in [0.717, 1.165) is 60.4 Å². The number of nitrogens with zero attached hydrogens (tertiary/aromatic N) is 3. The summed E-state index contributed by atoms with van der Waals surface area (Å²) in [7, 11) is 1.63. The van der Waals surface area contributed by atoms with Crippen LogP contribution in [0, 0.1) is 0 Å². The Morgan fingerprint density at radius 1 is 1.14 bits per heavy atom. The topological polar surface area (TPSA) is 59.4 Å². The van der Waals surface area contributed by atoms with Crippen molar-refractivity contribution in [2.45, 2.75) is 37.9 Å². The molecule has 188 valence electrons. The van der Waals surface area contributed by atoms with Crippen LogP contribution < -0.4 is 10.1 Å². The highest BCUT2D eigenvalue weighted by Crippen LogP contribution is 2.37. The number of piperidine rings is 1. The van der Waals surface area contributed by atoms with Gasteiger partial charge in [0.1, 0.15) is 11.6 Å². The maximum atomic E-state index is 13.4. The molecule has 2 aromatic carbocycles. The Balaban J connectivity index is 1.40. The summed E-state index contributed by atoms with van der Waals surface area (Å²) in [5, 5.41) is 2.48. The number of alkyl halides is 3. The van der Waals surface area contributed by atoms with Crippen LogP contribution in [0.5, 0.6) is 5.75 Å². The Bertz CT molecular complexity index is 1300. The summed E-state index contributed by atoms with van der Waals surface area (Å²) in [5.74, 6) is 1.63. The lowest BCUT2D eigenvalue weighted by Gasteiger charge is -2.33. The second-order valence-electron chi connectivity index (χ2n) is 9.04. The number of ether oxygens (including phenoxy) is 1. The number of likely N-dealkylation sites (tertiary alicyclic amines) is 1. The third-order valence-electron chi connectivity index (χ3n) is 6.72. The second-order valence-corrected chi connectivity index (χ2v) is 9.04. The maximum absolute atomic E-state index is 13.4. The summed E-state index contributed by atoms with van der Waals surface area (Å²) < 4.78 is 47.8. The highest BCUT2D eigenvalue weighted by Gasteiger charge is 2.35. The molecule has 0 spiro atoms. The number of urea groups is 1. The first-order valence-corrected chi connectivity index (χ1v) is 12.0. The predicted octanol–water partition coefficient (Wildman–Crippen LogP) is 6.41. The van der Waals surface area contributed by atoms with Gasteiger partial charge in [0, 0.05) is 31.1 Å². The van der Waals surface area contributed by atoms with Gasteiger partial charge in [0.15, 0.2) is 0 Å². The molecule has 1 N–H and O–H groups in total. The number of carbonyl (C=O) groups is 1. The number of anilines is 1. The van der Waals surface area contributed by atoms with Gasteiger partial charge in [-0.05, 0) is 49.6 Å². The van der Waals surface area contributed by atoms with Crippen molar-refractivity contribution in [2.24, 2.45) is 0 Å². The van der Waals surface area contributed by atoms with Gasteiger partial charge in [-0.25, -0.2) is 9.78 Å². The average molecular weight is 497 g/mol. The van der Waals surface area contributed by atoms with E-state index in [1.54, 1.807) is 12.0 Å². The molecule has 0 radical (unpaired) electrons. The van der Waals surface area contributed by atoms with Gasteiger partial charge in [0.2, 0.25) is 0 Å². The van der Waals surface area contributed by atoms with Crippen LogP contribution in [0.25, 0.3) is 17.3 Å². The number of aromatic nitrogens is 2. The van der Waals surface area contributed by atoms with Crippen molar-refractivity contribution in [2.75, 3.05) is 25.5 Å². The molecule has 2 amide bonds. The molecule has 1 fully saturated rings. The lowest BCUT2D eigenvalue weighted by atomic mass is 9.97. The first kappa shape index (κ1) is 24.0.